The van der Waals surface area contributed by atoms with Gasteiger partial charge in [0.15, 0.2) is 0 Å². The lowest BCUT2D eigenvalue weighted by atomic mass is 9.90. The molecular formula is C24H30BCl4IN2O4. The molecule has 0 bridgehead atoms. The Hall–Kier alpha value is -0.745. The second-order valence-corrected chi connectivity index (χ2v) is 10.7. The normalized spacial score (nSPS) is 15.8. The lowest BCUT2D eigenvalue weighted by Crippen LogP contribution is -2.41. The Morgan fingerprint density at radius 1 is 0.833 bits per heavy atom. The molecule has 2 aromatic rings. The van der Waals surface area contributed by atoms with Gasteiger partial charge in [-0.3, -0.25) is 0 Å². The van der Waals surface area contributed by atoms with Crippen LogP contribution in [0.25, 0.3) is 6.08 Å². The zero-order chi connectivity index (χ0) is 27.4. The molecule has 3 rings (SSSR count). The van der Waals surface area contributed by atoms with Crippen molar-refractivity contribution in [2.24, 2.45) is 0 Å². The Labute approximate surface area is 247 Å². The van der Waals surface area contributed by atoms with Gasteiger partial charge in [0.25, 0.3) is 0 Å². The van der Waals surface area contributed by atoms with Gasteiger partial charge in [0, 0.05) is 5.56 Å². The van der Waals surface area contributed by atoms with Crippen molar-refractivity contribution in [2.75, 3.05) is 13.2 Å². The number of nitrogens with zero attached hydrogens (tertiary/aromatic N) is 2. The van der Waals surface area contributed by atoms with Gasteiger partial charge in [-0.2, -0.15) is 0 Å². The summed E-state index contributed by atoms with van der Waals surface area (Å²) in [5.41, 5.74) is 0.252. The molecule has 0 amide bonds. The number of ether oxygens (including phenoxy) is 2. The molecule has 1 saturated heterocycles. The zero-order valence-corrected chi connectivity index (χ0v) is 26.2. The van der Waals surface area contributed by atoms with Crippen molar-refractivity contribution in [2.45, 2.75) is 52.7 Å². The minimum atomic E-state index is -0.299. The minimum Gasteiger partial charge on any atom is -0.502 e. The van der Waals surface area contributed by atoms with E-state index < -0.39 is 0 Å². The highest BCUT2D eigenvalue weighted by Gasteiger charge is 2.50. The van der Waals surface area contributed by atoms with E-state index in [9.17, 15) is 0 Å². The summed E-state index contributed by atoms with van der Waals surface area (Å²) in [4.78, 5) is 7.67. The highest BCUT2D eigenvalue weighted by Crippen LogP contribution is 2.36. The van der Waals surface area contributed by atoms with Crippen LogP contribution in [0.3, 0.4) is 0 Å². The van der Waals surface area contributed by atoms with Gasteiger partial charge in [0.05, 0.1) is 40.5 Å². The van der Waals surface area contributed by atoms with Crippen molar-refractivity contribution in [3.05, 3.63) is 72.5 Å². The summed E-state index contributed by atoms with van der Waals surface area (Å²) in [6.45, 7) is 13.3. The summed E-state index contributed by atoms with van der Waals surface area (Å²) in [6.07, 6.45) is 4.95. The van der Waals surface area contributed by atoms with Crippen LogP contribution in [0.15, 0.2) is 42.8 Å². The van der Waals surface area contributed by atoms with Crippen LogP contribution in [0, 0.1) is 3.57 Å². The molecule has 0 N–H and O–H groups in total. The van der Waals surface area contributed by atoms with Crippen molar-refractivity contribution in [3.8, 4) is 0 Å². The molecular weight excluding hydrogens is 660 g/mol. The summed E-state index contributed by atoms with van der Waals surface area (Å²) in [6, 6.07) is 6.99. The van der Waals surface area contributed by atoms with Gasteiger partial charge < -0.3 is 18.8 Å². The fourth-order valence-electron chi connectivity index (χ4n) is 2.34. The highest BCUT2D eigenvalue weighted by molar-refractivity contribution is 14.1. The third kappa shape index (κ3) is 11.8. The topological polar surface area (TPSA) is 62.7 Å². The molecule has 0 aromatic carbocycles. The second kappa shape index (κ2) is 16.3. The number of rotatable bonds is 6. The SMILES string of the molecule is CCO/C=C/B1OC(C)(C)C(C)(C)O1.CCO/C=C/c1ccc(Cl)nc1Cl.Clc1ccc(I)c(Cl)n1. The Morgan fingerprint density at radius 3 is 1.81 bits per heavy atom. The first-order chi connectivity index (χ1) is 16.8. The van der Waals surface area contributed by atoms with Crippen LogP contribution in [-0.2, 0) is 18.8 Å². The van der Waals surface area contributed by atoms with Gasteiger partial charge in [-0.25, -0.2) is 9.97 Å². The molecule has 0 saturated carbocycles. The number of hydrogen-bond donors (Lipinski definition) is 0. The van der Waals surface area contributed by atoms with Crippen LogP contribution < -0.4 is 0 Å². The highest BCUT2D eigenvalue weighted by atomic mass is 127. The first kappa shape index (κ1) is 33.3. The second-order valence-electron chi connectivity index (χ2n) is 8.09. The summed E-state index contributed by atoms with van der Waals surface area (Å²) in [7, 11) is -0.299. The van der Waals surface area contributed by atoms with Crippen molar-refractivity contribution in [1.82, 2.24) is 9.97 Å². The van der Waals surface area contributed by atoms with E-state index in [-0.39, 0.29) is 18.3 Å². The fourth-order valence-corrected chi connectivity index (χ4v) is 3.40. The average Bonchev–Trinajstić information content (AvgIpc) is 3.00. The number of aromatic nitrogens is 2. The van der Waals surface area contributed by atoms with E-state index in [1.54, 1.807) is 42.8 Å². The van der Waals surface area contributed by atoms with Gasteiger partial charge >= 0.3 is 7.12 Å². The van der Waals surface area contributed by atoms with Crippen LogP contribution in [0.4, 0.5) is 0 Å². The van der Waals surface area contributed by atoms with Crippen LogP contribution in [-0.4, -0.2) is 41.5 Å². The fraction of sp³-hybridized carbons (Fsp3) is 0.417. The van der Waals surface area contributed by atoms with Gasteiger partial charge in [0.2, 0.25) is 0 Å². The molecule has 0 aliphatic carbocycles. The van der Waals surface area contributed by atoms with E-state index in [4.69, 9.17) is 65.2 Å². The standard InChI is InChI=1S/C10H19BO3.C9H9Cl2NO.C5H2Cl2IN/c1-6-12-8-7-11-13-9(2,3)10(4,5)14-11;1-2-13-6-5-7-3-4-8(10)12-9(7)11;6-4-2-1-3(8)5(7)9-4/h7-8H,6H2,1-5H3;3-6H,2H2,1H3;1-2H/b8-7+;6-5+;. The predicted molar refractivity (Wildman–Crippen MR) is 159 cm³/mol. The van der Waals surface area contributed by atoms with E-state index in [2.05, 4.69) is 32.6 Å². The monoisotopic (exact) mass is 688 g/mol. The predicted octanol–water partition coefficient (Wildman–Crippen LogP) is 8.56. The number of halogens is 5. The van der Waals surface area contributed by atoms with Crippen molar-refractivity contribution in [1.29, 1.82) is 0 Å². The number of hydrogen-bond acceptors (Lipinski definition) is 6. The molecule has 0 radical (unpaired) electrons. The van der Waals surface area contributed by atoms with E-state index in [1.165, 1.54) is 0 Å². The molecule has 198 valence electrons. The Bertz CT molecular complexity index is 1010. The summed E-state index contributed by atoms with van der Waals surface area (Å²) >= 11 is 24.7. The quantitative estimate of drug-likeness (QED) is 0.131. The molecule has 1 aliphatic rings. The van der Waals surface area contributed by atoms with Gasteiger partial charge in [-0.15, -0.1) is 0 Å². The lowest BCUT2D eigenvalue weighted by Gasteiger charge is -2.32. The third-order valence-electron chi connectivity index (χ3n) is 4.89. The largest absolute Gasteiger partial charge is 0.502 e. The zero-order valence-electron chi connectivity index (χ0n) is 21.0. The first-order valence-corrected chi connectivity index (χ1v) is 13.6. The lowest BCUT2D eigenvalue weighted by molar-refractivity contribution is 0.00578. The average molecular weight is 690 g/mol. The van der Waals surface area contributed by atoms with Crippen molar-refractivity contribution in [3.63, 3.8) is 0 Å². The maximum Gasteiger partial charge on any atom is 0.490 e. The first-order valence-electron chi connectivity index (χ1n) is 11.0. The van der Waals surface area contributed by atoms with Crippen LogP contribution in [0.5, 0.6) is 0 Å². The molecule has 12 heteroatoms. The van der Waals surface area contributed by atoms with Crippen molar-refractivity contribution >= 4 is 82.2 Å². The minimum absolute atomic E-state index is 0.270. The van der Waals surface area contributed by atoms with Crippen LogP contribution in [0.2, 0.25) is 20.6 Å². The Balaban J connectivity index is 0.000000276. The van der Waals surface area contributed by atoms with E-state index >= 15 is 0 Å². The van der Waals surface area contributed by atoms with E-state index in [0.29, 0.717) is 33.8 Å². The molecule has 0 spiro atoms. The molecule has 3 heterocycles. The summed E-state index contributed by atoms with van der Waals surface area (Å²) < 4.78 is 22.5. The third-order valence-corrected chi connectivity index (χ3v) is 7.09. The van der Waals surface area contributed by atoms with Gasteiger partial charge in [-0.05, 0) is 100 Å². The van der Waals surface area contributed by atoms with E-state index in [0.717, 1.165) is 9.13 Å². The van der Waals surface area contributed by atoms with Crippen LogP contribution in [0.1, 0.15) is 47.1 Å². The molecule has 2 aromatic heterocycles. The Kier molecular flexibility index (Phi) is 15.0. The number of pyridine rings is 2. The van der Waals surface area contributed by atoms with Gasteiger partial charge in [0.1, 0.15) is 20.6 Å². The molecule has 0 unspecified atom stereocenters. The smallest absolute Gasteiger partial charge is 0.490 e. The molecule has 6 nitrogen and oxygen atoms in total. The van der Waals surface area contributed by atoms with Gasteiger partial charge in [-0.1, -0.05) is 46.4 Å². The Morgan fingerprint density at radius 2 is 1.33 bits per heavy atom. The van der Waals surface area contributed by atoms with E-state index in [1.807, 2.05) is 47.6 Å². The molecule has 36 heavy (non-hydrogen) atoms. The maximum atomic E-state index is 5.81. The molecule has 1 aliphatic heterocycles. The molecule has 0 atom stereocenters. The molecule has 1 fully saturated rings. The van der Waals surface area contributed by atoms with Crippen molar-refractivity contribution < 1.29 is 18.8 Å². The summed E-state index contributed by atoms with van der Waals surface area (Å²) in [5.74, 6) is 1.79. The summed E-state index contributed by atoms with van der Waals surface area (Å²) in [5, 5.41) is 1.66. The maximum absolute atomic E-state index is 5.81. The van der Waals surface area contributed by atoms with Crippen LogP contribution >= 0.6 is 69.0 Å².